The van der Waals surface area contributed by atoms with Crippen molar-refractivity contribution in [3.8, 4) is 17.1 Å². The largest absolute Gasteiger partial charge is 0.494 e. The quantitative estimate of drug-likeness (QED) is 0.641. The topological polar surface area (TPSA) is 57.0 Å². The van der Waals surface area contributed by atoms with Crippen molar-refractivity contribution < 1.29 is 9.53 Å². The Morgan fingerprint density at radius 2 is 1.92 bits per heavy atom. The Morgan fingerprint density at radius 1 is 1.19 bits per heavy atom. The molecular weight excluding hydrogens is 370 g/mol. The smallest absolute Gasteiger partial charge is 0.250 e. The summed E-state index contributed by atoms with van der Waals surface area (Å²) in [6.07, 6.45) is 0.384. The van der Waals surface area contributed by atoms with Gasteiger partial charge in [-0.2, -0.15) is 4.68 Å². The Balaban J connectivity index is 1.60. The van der Waals surface area contributed by atoms with Crippen molar-refractivity contribution in [2.75, 3.05) is 6.61 Å². The van der Waals surface area contributed by atoms with Crippen LogP contribution in [-0.2, 0) is 0 Å². The number of aromatic nitrogens is 3. The summed E-state index contributed by atoms with van der Waals surface area (Å²) in [4.78, 5) is 17.1. The van der Waals surface area contributed by atoms with E-state index >= 15 is 0 Å². The molecule has 0 amide bonds. The van der Waals surface area contributed by atoms with E-state index in [0.717, 1.165) is 16.9 Å². The summed E-state index contributed by atoms with van der Waals surface area (Å²) in [6.45, 7) is 2.58. The van der Waals surface area contributed by atoms with E-state index in [1.807, 2.05) is 43.3 Å². The highest BCUT2D eigenvalue weighted by atomic mass is 35.5. The second-order valence-electron chi connectivity index (χ2n) is 5.84. The third kappa shape index (κ3) is 3.34. The molecule has 26 heavy (non-hydrogen) atoms. The van der Waals surface area contributed by atoms with Gasteiger partial charge in [0, 0.05) is 22.3 Å². The Hall–Kier alpha value is -2.31. The van der Waals surface area contributed by atoms with Gasteiger partial charge in [-0.05, 0) is 48.9 Å². The van der Waals surface area contributed by atoms with Crippen LogP contribution in [0.5, 0.6) is 5.75 Å². The van der Waals surface area contributed by atoms with Gasteiger partial charge in [-0.25, -0.2) is 4.98 Å². The zero-order valence-electron chi connectivity index (χ0n) is 14.1. The maximum absolute atomic E-state index is 12.5. The number of halogens is 1. The van der Waals surface area contributed by atoms with E-state index in [1.165, 1.54) is 4.68 Å². The minimum Gasteiger partial charge on any atom is -0.494 e. The summed E-state index contributed by atoms with van der Waals surface area (Å²) >= 11 is 7.48. The van der Waals surface area contributed by atoms with Crippen LogP contribution in [0.3, 0.4) is 0 Å². The minimum absolute atomic E-state index is 0.0212. The van der Waals surface area contributed by atoms with Crippen LogP contribution in [0.15, 0.2) is 53.7 Å². The second-order valence-corrected chi connectivity index (χ2v) is 7.45. The van der Waals surface area contributed by atoms with Crippen molar-refractivity contribution in [1.82, 2.24) is 14.8 Å². The molecule has 0 bridgehead atoms. The van der Waals surface area contributed by atoms with Crippen molar-refractivity contribution in [2.45, 2.75) is 23.8 Å². The number of nitrogens with zero attached hydrogens (tertiary/aromatic N) is 3. The first-order chi connectivity index (χ1) is 12.6. The molecule has 2 aromatic carbocycles. The third-order valence-corrected chi connectivity index (χ3v) is 5.54. The van der Waals surface area contributed by atoms with Crippen LogP contribution in [0.25, 0.3) is 11.4 Å². The summed E-state index contributed by atoms with van der Waals surface area (Å²) < 4.78 is 6.88. The predicted octanol–water partition coefficient (Wildman–Crippen LogP) is 4.87. The van der Waals surface area contributed by atoms with Crippen molar-refractivity contribution in [1.29, 1.82) is 0 Å². The fourth-order valence-electron chi connectivity index (χ4n) is 2.80. The monoisotopic (exact) mass is 385 g/mol. The number of hydrogen-bond acceptors (Lipinski definition) is 5. The van der Waals surface area contributed by atoms with E-state index in [-0.39, 0.29) is 11.2 Å². The zero-order chi connectivity index (χ0) is 18.1. The molecule has 1 aliphatic heterocycles. The summed E-state index contributed by atoms with van der Waals surface area (Å²) in [7, 11) is 0. The van der Waals surface area contributed by atoms with Crippen LogP contribution in [-0.4, -0.2) is 27.3 Å². The summed E-state index contributed by atoms with van der Waals surface area (Å²) in [6, 6.07) is 15.1. The van der Waals surface area contributed by atoms with E-state index < -0.39 is 0 Å². The second kappa shape index (κ2) is 7.13. The van der Waals surface area contributed by atoms with Gasteiger partial charge >= 0.3 is 0 Å². The highest BCUT2D eigenvalue weighted by Crippen LogP contribution is 2.41. The predicted molar refractivity (Wildman–Crippen MR) is 102 cm³/mol. The van der Waals surface area contributed by atoms with Gasteiger partial charge in [0.05, 0.1) is 6.61 Å². The lowest BCUT2D eigenvalue weighted by Gasteiger charge is -2.20. The van der Waals surface area contributed by atoms with Crippen molar-refractivity contribution in [3.05, 3.63) is 59.1 Å². The molecule has 0 saturated heterocycles. The molecule has 132 valence electrons. The highest BCUT2D eigenvalue weighted by Gasteiger charge is 2.30. The fourth-order valence-corrected chi connectivity index (χ4v) is 4.08. The van der Waals surface area contributed by atoms with Crippen LogP contribution < -0.4 is 4.74 Å². The van der Waals surface area contributed by atoms with Gasteiger partial charge in [0.2, 0.25) is 0 Å². The Bertz CT molecular complexity index is 938. The number of thioether (sulfide) groups is 1. The van der Waals surface area contributed by atoms with Gasteiger partial charge < -0.3 is 4.74 Å². The van der Waals surface area contributed by atoms with Gasteiger partial charge in [0.25, 0.3) is 5.91 Å². The third-order valence-electron chi connectivity index (χ3n) is 4.09. The number of carbonyl (C=O) groups excluding carboxylic acids is 1. The van der Waals surface area contributed by atoms with Crippen LogP contribution in [0.1, 0.15) is 29.0 Å². The van der Waals surface area contributed by atoms with E-state index in [1.54, 1.807) is 23.9 Å². The molecule has 0 spiro atoms. The molecule has 1 aromatic heterocycles. The molecule has 1 atom stereocenters. The molecule has 1 aliphatic rings. The number of fused-ring (bicyclic) bond motifs is 1. The van der Waals surface area contributed by atoms with E-state index in [4.69, 9.17) is 16.3 Å². The number of ether oxygens (including phenoxy) is 1. The maximum atomic E-state index is 12.5. The average Bonchev–Trinajstić information content (AvgIpc) is 3.08. The first-order valence-corrected chi connectivity index (χ1v) is 9.55. The lowest BCUT2D eigenvalue weighted by Crippen LogP contribution is -2.20. The van der Waals surface area contributed by atoms with Gasteiger partial charge in [0.1, 0.15) is 5.75 Å². The molecule has 0 saturated carbocycles. The minimum atomic E-state index is -0.0506. The van der Waals surface area contributed by atoms with E-state index in [0.29, 0.717) is 29.0 Å². The van der Waals surface area contributed by atoms with Crippen molar-refractivity contribution >= 4 is 29.3 Å². The standard InChI is InChI=1S/C19H16ClN3O2S/c1-2-25-15-9-5-12(6-10-15)16-11-17(24)23-19(26-16)21-18(22-23)13-3-7-14(20)8-4-13/h3-10,16H,2,11H2,1H3. The normalized spacial score (nSPS) is 16.4. The molecule has 0 radical (unpaired) electrons. The number of carbonyl (C=O) groups is 1. The van der Waals surface area contributed by atoms with Crippen molar-refractivity contribution in [3.63, 3.8) is 0 Å². The highest BCUT2D eigenvalue weighted by molar-refractivity contribution is 7.99. The summed E-state index contributed by atoms with van der Waals surface area (Å²) in [5.74, 6) is 1.31. The lowest BCUT2D eigenvalue weighted by atomic mass is 10.1. The molecule has 5 nitrogen and oxygen atoms in total. The number of hydrogen-bond donors (Lipinski definition) is 0. The summed E-state index contributed by atoms with van der Waals surface area (Å²) in [5, 5.41) is 5.66. The van der Waals surface area contributed by atoms with Gasteiger partial charge in [-0.1, -0.05) is 35.5 Å². The Morgan fingerprint density at radius 3 is 2.62 bits per heavy atom. The molecule has 3 aromatic rings. The van der Waals surface area contributed by atoms with E-state index in [9.17, 15) is 4.79 Å². The average molecular weight is 386 g/mol. The van der Waals surface area contributed by atoms with Gasteiger partial charge in [-0.3, -0.25) is 4.79 Å². The molecule has 2 heterocycles. The van der Waals surface area contributed by atoms with E-state index in [2.05, 4.69) is 10.1 Å². The number of benzene rings is 2. The molecule has 0 N–H and O–H groups in total. The first-order valence-electron chi connectivity index (χ1n) is 8.29. The summed E-state index contributed by atoms with van der Waals surface area (Å²) in [5.41, 5.74) is 1.91. The van der Waals surface area contributed by atoms with Crippen LogP contribution in [0.4, 0.5) is 0 Å². The molecule has 0 fully saturated rings. The molecule has 1 unspecified atom stereocenters. The SMILES string of the molecule is CCOc1ccc(C2CC(=O)n3nc(-c4ccc(Cl)cc4)nc3S2)cc1. The van der Waals surface area contributed by atoms with Gasteiger partial charge in [-0.15, -0.1) is 5.10 Å². The number of rotatable bonds is 4. The maximum Gasteiger partial charge on any atom is 0.250 e. The van der Waals surface area contributed by atoms with Crippen LogP contribution >= 0.6 is 23.4 Å². The molecule has 0 aliphatic carbocycles. The lowest BCUT2D eigenvalue weighted by molar-refractivity contribution is 0.0868. The van der Waals surface area contributed by atoms with Crippen LogP contribution in [0.2, 0.25) is 5.02 Å². The van der Waals surface area contributed by atoms with Gasteiger partial charge in [0.15, 0.2) is 11.0 Å². The van der Waals surface area contributed by atoms with Crippen LogP contribution in [0, 0.1) is 0 Å². The first kappa shape index (κ1) is 17.1. The molecular formula is C19H16ClN3O2S. The Kier molecular flexibility index (Phi) is 4.70. The fraction of sp³-hybridized carbons (Fsp3) is 0.211. The Labute approximate surface area is 160 Å². The molecule has 4 rings (SSSR count). The zero-order valence-corrected chi connectivity index (χ0v) is 15.6. The van der Waals surface area contributed by atoms with Crippen molar-refractivity contribution in [2.24, 2.45) is 0 Å². The molecule has 7 heteroatoms.